The van der Waals surface area contributed by atoms with Crippen LogP contribution in [-0.2, 0) is 10.0 Å². The molecule has 0 bridgehead atoms. The second kappa shape index (κ2) is 5.29. The molecule has 92 valence electrons. The summed E-state index contributed by atoms with van der Waals surface area (Å²) in [6, 6.07) is 1.43. The Bertz CT molecular complexity index is 414. The van der Waals surface area contributed by atoms with Crippen LogP contribution in [0.1, 0.15) is 20.3 Å². The number of hydrogen-bond donors (Lipinski definition) is 2. The summed E-state index contributed by atoms with van der Waals surface area (Å²) < 4.78 is 26.1. The number of aromatic nitrogens is 2. The molecule has 0 aliphatic carbocycles. The van der Waals surface area contributed by atoms with Crippen molar-refractivity contribution in [3.8, 4) is 0 Å². The highest BCUT2D eigenvalue weighted by molar-refractivity contribution is 9.09. The summed E-state index contributed by atoms with van der Waals surface area (Å²) in [5, 5.41) is 7.01. The monoisotopic (exact) mass is 309 g/mol. The fraction of sp³-hybridized carbons (Fsp3) is 0.667. The molecule has 0 saturated carbocycles. The summed E-state index contributed by atoms with van der Waals surface area (Å²) in [7, 11) is -3.45. The van der Waals surface area contributed by atoms with Gasteiger partial charge in [0.15, 0.2) is 5.03 Å². The molecule has 7 heteroatoms. The number of aromatic amines is 1. The van der Waals surface area contributed by atoms with Crippen molar-refractivity contribution < 1.29 is 8.42 Å². The molecular weight excluding hydrogens is 294 g/mol. The molecule has 0 amide bonds. The maximum absolute atomic E-state index is 11.8. The van der Waals surface area contributed by atoms with E-state index in [9.17, 15) is 8.42 Å². The van der Waals surface area contributed by atoms with Crippen LogP contribution < -0.4 is 4.72 Å². The van der Waals surface area contributed by atoms with E-state index >= 15 is 0 Å². The maximum atomic E-state index is 11.8. The molecule has 0 aliphatic rings. The summed E-state index contributed by atoms with van der Waals surface area (Å²) in [5.41, 5.74) is -0.0728. The first-order valence-corrected chi connectivity index (χ1v) is 7.53. The van der Waals surface area contributed by atoms with E-state index in [0.717, 1.165) is 11.8 Å². The van der Waals surface area contributed by atoms with Crippen LogP contribution in [0, 0.1) is 5.41 Å². The van der Waals surface area contributed by atoms with E-state index < -0.39 is 10.0 Å². The fourth-order valence-corrected chi connectivity index (χ4v) is 3.33. The summed E-state index contributed by atoms with van der Waals surface area (Å²) in [5.74, 6) is 0. The van der Waals surface area contributed by atoms with E-state index in [4.69, 9.17) is 0 Å². The van der Waals surface area contributed by atoms with Gasteiger partial charge in [-0.25, -0.2) is 13.1 Å². The Labute approximate surface area is 104 Å². The number of hydrogen-bond acceptors (Lipinski definition) is 3. The lowest BCUT2D eigenvalue weighted by Crippen LogP contribution is -2.34. The standard InChI is InChI=1S/C9H16BrN3O2S/c1-9(2,4-5-10)7-12-16(14,15)8-3-6-11-13-8/h3,6,12H,4-5,7H2,1-2H3,(H,11,13). The van der Waals surface area contributed by atoms with E-state index in [0.29, 0.717) is 6.54 Å². The van der Waals surface area contributed by atoms with Crippen LogP contribution in [0.25, 0.3) is 0 Å². The van der Waals surface area contributed by atoms with Crippen LogP contribution in [0.15, 0.2) is 17.3 Å². The fourth-order valence-electron chi connectivity index (χ4n) is 1.11. The SMILES string of the molecule is CC(C)(CCBr)CNS(=O)(=O)c1ccn[nH]1. The Hall–Kier alpha value is -0.400. The predicted octanol–water partition coefficient (Wildman–Crippen LogP) is 1.50. The summed E-state index contributed by atoms with van der Waals surface area (Å²) >= 11 is 3.35. The number of H-pyrrole nitrogens is 1. The second-order valence-corrected chi connectivity index (χ2v) is 6.88. The normalized spacial score (nSPS) is 12.9. The molecule has 0 atom stereocenters. The van der Waals surface area contributed by atoms with Gasteiger partial charge in [-0.2, -0.15) is 5.10 Å². The highest BCUT2D eigenvalue weighted by atomic mass is 79.9. The zero-order valence-electron chi connectivity index (χ0n) is 9.33. The lowest BCUT2D eigenvalue weighted by atomic mass is 9.91. The number of nitrogens with one attached hydrogen (secondary N) is 2. The van der Waals surface area contributed by atoms with E-state index in [1.54, 1.807) is 0 Å². The van der Waals surface area contributed by atoms with Crippen LogP contribution >= 0.6 is 15.9 Å². The number of halogens is 1. The summed E-state index contributed by atoms with van der Waals surface area (Å²) in [6.45, 7) is 4.44. The Kier molecular flexibility index (Phi) is 4.52. The molecule has 1 aromatic heterocycles. The van der Waals surface area contributed by atoms with Crippen molar-refractivity contribution in [2.75, 3.05) is 11.9 Å². The third-order valence-electron chi connectivity index (χ3n) is 2.28. The van der Waals surface area contributed by atoms with Crippen molar-refractivity contribution >= 4 is 26.0 Å². The van der Waals surface area contributed by atoms with E-state index in [1.165, 1.54) is 12.3 Å². The van der Waals surface area contributed by atoms with Crippen molar-refractivity contribution in [2.24, 2.45) is 5.41 Å². The van der Waals surface area contributed by atoms with Crippen LogP contribution in [-0.4, -0.2) is 30.5 Å². The van der Waals surface area contributed by atoms with Gasteiger partial charge in [0.2, 0.25) is 0 Å². The van der Waals surface area contributed by atoms with Gasteiger partial charge in [0.25, 0.3) is 10.0 Å². The molecule has 0 saturated heterocycles. The number of sulfonamides is 1. The zero-order chi connectivity index (χ0) is 12.2. The van der Waals surface area contributed by atoms with Crippen LogP contribution in [0.3, 0.4) is 0 Å². The molecule has 16 heavy (non-hydrogen) atoms. The molecule has 0 unspecified atom stereocenters. The summed E-state index contributed by atoms with van der Waals surface area (Å²) in [6.07, 6.45) is 2.32. The van der Waals surface area contributed by atoms with Gasteiger partial charge >= 0.3 is 0 Å². The van der Waals surface area contributed by atoms with E-state index in [-0.39, 0.29) is 10.4 Å². The van der Waals surface area contributed by atoms with Crippen molar-refractivity contribution in [3.05, 3.63) is 12.3 Å². The van der Waals surface area contributed by atoms with E-state index in [2.05, 4.69) is 30.8 Å². The highest BCUT2D eigenvalue weighted by Gasteiger charge is 2.22. The minimum Gasteiger partial charge on any atom is -0.266 e. The van der Waals surface area contributed by atoms with Gasteiger partial charge in [0.1, 0.15) is 0 Å². The van der Waals surface area contributed by atoms with Crippen molar-refractivity contribution in [1.82, 2.24) is 14.9 Å². The smallest absolute Gasteiger partial charge is 0.257 e. The van der Waals surface area contributed by atoms with Crippen LogP contribution in [0.5, 0.6) is 0 Å². The highest BCUT2D eigenvalue weighted by Crippen LogP contribution is 2.20. The molecule has 2 N–H and O–H groups in total. The van der Waals surface area contributed by atoms with Gasteiger partial charge in [-0.05, 0) is 17.9 Å². The minimum atomic E-state index is -3.45. The first-order chi connectivity index (χ1) is 7.37. The van der Waals surface area contributed by atoms with Crippen molar-refractivity contribution in [2.45, 2.75) is 25.3 Å². The molecule has 1 heterocycles. The van der Waals surface area contributed by atoms with E-state index in [1.807, 2.05) is 13.8 Å². The van der Waals surface area contributed by atoms with Gasteiger partial charge in [-0.3, -0.25) is 5.10 Å². The molecule has 0 aromatic carbocycles. The molecule has 0 fully saturated rings. The Morgan fingerprint density at radius 2 is 2.25 bits per heavy atom. The third kappa shape index (κ3) is 3.88. The lowest BCUT2D eigenvalue weighted by Gasteiger charge is -2.23. The number of nitrogens with zero attached hydrogens (tertiary/aromatic N) is 1. The first-order valence-electron chi connectivity index (χ1n) is 4.92. The average molecular weight is 310 g/mol. The van der Waals surface area contributed by atoms with Crippen LogP contribution in [0.4, 0.5) is 0 Å². The zero-order valence-corrected chi connectivity index (χ0v) is 11.7. The Morgan fingerprint density at radius 3 is 2.75 bits per heavy atom. The summed E-state index contributed by atoms with van der Waals surface area (Å²) in [4.78, 5) is 0. The Morgan fingerprint density at radius 1 is 1.56 bits per heavy atom. The molecular formula is C9H16BrN3O2S. The van der Waals surface area contributed by atoms with Crippen molar-refractivity contribution in [3.63, 3.8) is 0 Å². The van der Waals surface area contributed by atoms with Gasteiger partial charge in [-0.1, -0.05) is 29.8 Å². The lowest BCUT2D eigenvalue weighted by molar-refractivity contribution is 0.354. The molecule has 0 spiro atoms. The van der Waals surface area contributed by atoms with Crippen molar-refractivity contribution in [1.29, 1.82) is 0 Å². The molecule has 0 radical (unpaired) electrons. The first kappa shape index (κ1) is 13.7. The third-order valence-corrected chi connectivity index (χ3v) is 4.00. The minimum absolute atomic E-state index is 0.0728. The van der Waals surface area contributed by atoms with Crippen LogP contribution in [0.2, 0.25) is 0 Å². The largest absolute Gasteiger partial charge is 0.266 e. The predicted molar refractivity (Wildman–Crippen MR) is 66.0 cm³/mol. The molecule has 0 aliphatic heterocycles. The second-order valence-electron chi connectivity index (χ2n) is 4.35. The van der Waals surface area contributed by atoms with Gasteiger partial charge < -0.3 is 0 Å². The quantitative estimate of drug-likeness (QED) is 0.782. The molecule has 1 rings (SSSR count). The number of rotatable bonds is 6. The topological polar surface area (TPSA) is 74.8 Å². The maximum Gasteiger partial charge on any atom is 0.257 e. The number of alkyl halides is 1. The van der Waals surface area contributed by atoms with Gasteiger partial charge in [0.05, 0.1) is 6.20 Å². The molecule has 5 nitrogen and oxygen atoms in total. The van der Waals surface area contributed by atoms with Gasteiger partial charge in [0, 0.05) is 11.9 Å². The Balaban J connectivity index is 2.62. The average Bonchev–Trinajstić information content (AvgIpc) is 2.68. The van der Waals surface area contributed by atoms with Gasteiger partial charge in [-0.15, -0.1) is 0 Å². The molecule has 1 aromatic rings.